The smallest absolute Gasteiger partial charge is 0.251 e. The van der Waals surface area contributed by atoms with Gasteiger partial charge in [-0.15, -0.1) is 0 Å². The van der Waals surface area contributed by atoms with Crippen molar-refractivity contribution < 1.29 is 9.47 Å². The number of pyridine rings is 1. The normalized spacial score (nSPS) is 10.7. The lowest BCUT2D eigenvalue weighted by molar-refractivity contribution is 0.414. The topological polar surface area (TPSA) is 40.5 Å². The van der Waals surface area contributed by atoms with Crippen LogP contribution in [0.1, 0.15) is 11.1 Å². The highest BCUT2D eigenvalue weighted by molar-refractivity contribution is 5.84. The lowest BCUT2D eigenvalue weighted by atomic mass is 10.1. The molecule has 2 aromatic carbocycles. The Balaban J connectivity index is 2.10. The van der Waals surface area contributed by atoms with Gasteiger partial charge in [-0.05, 0) is 48.4 Å². The summed E-state index contributed by atoms with van der Waals surface area (Å²) in [7, 11) is 3.28. The van der Waals surface area contributed by atoms with E-state index in [1.807, 2.05) is 49.4 Å². The lowest BCUT2D eigenvalue weighted by Gasteiger charge is -2.13. The van der Waals surface area contributed by atoms with Gasteiger partial charge in [-0.1, -0.05) is 12.1 Å². The number of hydrogen-bond donors (Lipinski definition) is 0. The van der Waals surface area contributed by atoms with Crippen molar-refractivity contribution in [2.45, 2.75) is 13.5 Å². The van der Waals surface area contributed by atoms with Gasteiger partial charge in [0, 0.05) is 11.5 Å². The summed E-state index contributed by atoms with van der Waals surface area (Å²) in [5.74, 6) is 1.59. The first-order valence-corrected chi connectivity index (χ1v) is 7.43. The third-order valence-corrected chi connectivity index (χ3v) is 4.03. The van der Waals surface area contributed by atoms with E-state index in [1.54, 1.807) is 24.9 Å². The van der Waals surface area contributed by atoms with E-state index in [9.17, 15) is 4.79 Å². The number of rotatable bonds is 4. The van der Waals surface area contributed by atoms with Crippen LogP contribution < -0.4 is 15.0 Å². The summed E-state index contributed by atoms with van der Waals surface area (Å²) in [6.45, 7) is 2.47. The maximum Gasteiger partial charge on any atom is 0.251 e. The number of nitrogens with zero attached hydrogens (tertiary/aromatic N) is 1. The number of aryl methyl sites for hydroxylation is 1. The average molecular weight is 309 g/mol. The van der Waals surface area contributed by atoms with Crippen LogP contribution in [0.4, 0.5) is 0 Å². The fourth-order valence-corrected chi connectivity index (χ4v) is 2.73. The molecular formula is C19H19NO3. The van der Waals surface area contributed by atoms with Crippen molar-refractivity contribution in [2.24, 2.45) is 0 Å². The molecule has 3 aromatic rings. The van der Waals surface area contributed by atoms with Crippen LogP contribution in [0.5, 0.6) is 11.5 Å². The Bertz CT molecular complexity index is 895. The SMILES string of the molecule is COc1ccc(Cn2c(=O)cc(C)c3cc(OC)ccc32)cc1. The molecule has 0 unspecified atom stereocenters. The Kier molecular flexibility index (Phi) is 4.06. The molecule has 1 aromatic heterocycles. The van der Waals surface area contributed by atoms with Crippen molar-refractivity contribution in [1.29, 1.82) is 0 Å². The van der Waals surface area contributed by atoms with E-state index in [0.717, 1.165) is 33.5 Å². The van der Waals surface area contributed by atoms with E-state index in [-0.39, 0.29) is 5.56 Å². The highest BCUT2D eigenvalue weighted by atomic mass is 16.5. The predicted octanol–water partition coefficient (Wildman–Crippen LogP) is 3.38. The van der Waals surface area contributed by atoms with Gasteiger partial charge >= 0.3 is 0 Å². The minimum absolute atomic E-state index is 0.00372. The molecule has 0 radical (unpaired) electrons. The molecule has 0 N–H and O–H groups in total. The Morgan fingerprint density at radius 1 is 0.913 bits per heavy atom. The first-order valence-electron chi connectivity index (χ1n) is 7.43. The van der Waals surface area contributed by atoms with Crippen LogP contribution in [0.3, 0.4) is 0 Å². The fraction of sp³-hybridized carbons (Fsp3) is 0.211. The van der Waals surface area contributed by atoms with Crippen LogP contribution in [-0.4, -0.2) is 18.8 Å². The Hall–Kier alpha value is -2.75. The second kappa shape index (κ2) is 6.16. The number of methoxy groups -OCH3 is 2. The van der Waals surface area contributed by atoms with Gasteiger partial charge in [0.1, 0.15) is 11.5 Å². The monoisotopic (exact) mass is 309 g/mol. The Labute approximate surface area is 134 Å². The zero-order chi connectivity index (χ0) is 16.4. The summed E-state index contributed by atoms with van der Waals surface area (Å²) in [4.78, 5) is 12.4. The van der Waals surface area contributed by atoms with Crippen molar-refractivity contribution in [3.05, 3.63) is 70.0 Å². The zero-order valence-corrected chi connectivity index (χ0v) is 13.5. The number of aromatic nitrogens is 1. The van der Waals surface area contributed by atoms with Gasteiger partial charge in [0.05, 0.1) is 26.3 Å². The van der Waals surface area contributed by atoms with Crippen LogP contribution in [0.25, 0.3) is 10.9 Å². The average Bonchev–Trinajstić information content (AvgIpc) is 2.58. The summed E-state index contributed by atoms with van der Waals surface area (Å²) in [6.07, 6.45) is 0. The van der Waals surface area contributed by atoms with E-state index in [0.29, 0.717) is 6.54 Å². The first kappa shape index (κ1) is 15.2. The van der Waals surface area contributed by atoms with Gasteiger partial charge in [-0.25, -0.2) is 0 Å². The Morgan fingerprint density at radius 2 is 1.57 bits per heavy atom. The molecule has 0 saturated carbocycles. The van der Waals surface area contributed by atoms with Crippen molar-refractivity contribution in [3.63, 3.8) is 0 Å². The summed E-state index contributed by atoms with van der Waals surface area (Å²) < 4.78 is 12.2. The van der Waals surface area contributed by atoms with Crippen LogP contribution in [0, 0.1) is 6.92 Å². The van der Waals surface area contributed by atoms with Gasteiger partial charge in [0.25, 0.3) is 5.56 Å². The molecule has 4 nitrogen and oxygen atoms in total. The van der Waals surface area contributed by atoms with Crippen molar-refractivity contribution >= 4 is 10.9 Å². The summed E-state index contributed by atoms with van der Waals surface area (Å²) >= 11 is 0. The summed E-state index contributed by atoms with van der Waals surface area (Å²) in [5, 5.41) is 1.03. The minimum atomic E-state index is -0.00372. The van der Waals surface area contributed by atoms with Gasteiger partial charge in [0.2, 0.25) is 0 Å². The minimum Gasteiger partial charge on any atom is -0.497 e. The second-order valence-electron chi connectivity index (χ2n) is 5.48. The molecule has 0 fully saturated rings. The van der Waals surface area contributed by atoms with Crippen molar-refractivity contribution in [2.75, 3.05) is 14.2 Å². The standard InChI is InChI=1S/C19H19NO3/c1-13-10-19(21)20(12-14-4-6-15(22-2)7-5-14)18-9-8-16(23-3)11-17(13)18/h4-11H,12H2,1-3H3. The molecule has 23 heavy (non-hydrogen) atoms. The molecule has 0 atom stereocenters. The highest BCUT2D eigenvalue weighted by Gasteiger charge is 2.08. The number of ether oxygens (including phenoxy) is 2. The molecule has 118 valence electrons. The molecule has 0 amide bonds. The Morgan fingerprint density at radius 3 is 2.22 bits per heavy atom. The maximum absolute atomic E-state index is 12.4. The molecule has 0 spiro atoms. The molecular weight excluding hydrogens is 290 g/mol. The number of benzene rings is 2. The molecule has 0 saturated heterocycles. The molecule has 0 aliphatic carbocycles. The first-order chi connectivity index (χ1) is 11.1. The molecule has 3 rings (SSSR count). The fourth-order valence-electron chi connectivity index (χ4n) is 2.73. The van der Waals surface area contributed by atoms with Crippen LogP contribution in [0.2, 0.25) is 0 Å². The van der Waals surface area contributed by atoms with E-state index >= 15 is 0 Å². The third-order valence-electron chi connectivity index (χ3n) is 4.03. The third kappa shape index (κ3) is 2.93. The lowest BCUT2D eigenvalue weighted by Crippen LogP contribution is -2.21. The van der Waals surface area contributed by atoms with Crippen LogP contribution in [0.15, 0.2) is 53.3 Å². The summed E-state index contributed by atoms with van der Waals surface area (Å²) in [6, 6.07) is 15.2. The quantitative estimate of drug-likeness (QED) is 0.742. The van der Waals surface area contributed by atoms with E-state index < -0.39 is 0 Å². The number of fused-ring (bicyclic) bond motifs is 1. The van der Waals surface area contributed by atoms with Crippen LogP contribution >= 0.6 is 0 Å². The predicted molar refractivity (Wildman–Crippen MR) is 91.6 cm³/mol. The molecule has 0 aliphatic heterocycles. The number of hydrogen-bond acceptors (Lipinski definition) is 3. The van der Waals surface area contributed by atoms with Crippen molar-refractivity contribution in [3.8, 4) is 11.5 Å². The largest absolute Gasteiger partial charge is 0.497 e. The highest BCUT2D eigenvalue weighted by Crippen LogP contribution is 2.23. The van der Waals surface area contributed by atoms with E-state index in [4.69, 9.17) is 9.47 Å². The van der Waals surface area contributed by atoms with Gasteiger partial charge in [-0.3, -0.25) is 4.79 Å². The van der Waals surface area contributed by atoms with Crippen molar-refractivity contribution in [1.82, 2.24) is 4.57 Å². The van der Waals surface area contributed by atoms with E-state index in [1.165, 1.54) is 0 Å². The molecule has 1 heterocycles. The maximum atomic E-state index is 12.4. The van der Waals surface area contributed by atoms with Gasteiger partial charge in [-0.2, -0.15) is 0 Å². The van der Waals surface area contributed by atoms with E-state index in [2.05, 4.69) is 0 Å². The molecule has 0 aliphatic rings. The van der Waals surface area contributed by atoms with Gasteiger partial charge < -0.3 is 14.0 Å². The zero-order valence-electron chi connectivity index (χ0n) is 13.5. The van der Waals surface area contributed by atoms with Crippen LogP contribution in [-0.2, 0) is 6.54 Å². The molecule has 0 bridgehead atoms. The van der Waals surface area contributed by atoms with Gasteiger partial charge in [0.15, 0.2) is 0 Å². The second-order valence-corrected chi connectivity index (χ2v) is 5.48. The molecule has 4 heteroatoms. The summed E-state index contributed by atoms with van der Waals surface area (Å²) in [5.41, 5.74) is 2.91.